The zero-order chi connectivity index (χ0) is 10.1. The Balaban J connectivity index is 0.000000671. The van der Waals surface area contributed by atoms with Crippen molar-refractivity contribution >= 4 is 5.91 Å². The molecule has 1 amide bonds. The molecule has 0 aromatic carbocycles. The SMILES string of the molecule is C/C=C/C(=O)N1CCOCC1.CC. The average Bonchev–Trinajstić information content (AvgIpc) is 2.23. The first kappa shape index (κ1) is 12.2. The van der Waals surface area contributed by atoms with Gasteiger partial charge < -0.3 is 9.64 Å². The van der Waals surface area contributed by atoms with Gasteiger partial charge in [0.1, 0.15) is 0 Å². The number of ether oxygens (including phenoxy) is 1. The number of nitrogens with zero attached hydrogens (tertiary/aromatic N) is 1. The lowest BCUT2D eigenvalue weighted by Crippen LogP contribution is -2.39. The third-order valence-electron chi connectivity index (χ3n) is 1.63. The molecule has 0 bridgehead atoms. The second-order valence-electron chi connectivity index (χ2n) is 2.44. The molecule has 1 aliphatic rings. The van der Waals surface area contributed by atoms with Crippen molar-refractivity contribution in [3.63, 3.8) is 0 Å². The third-order valence-corrected chi connectivity index (χ3v) is 1.63. The first-order valence-electron chi connectivity index (χ1n) is 4.84. The van der Waals surface area contributed by atoms with Gasteiger partial charge >= 0.3 is 0 Å². The van der Waals surface area contributed by atoms with E-state index in [4.69, 9.17) is 4.74 Å². The second-order valence-corrected chi connectivity index (χ2v) is 2.44. The van der Waals surface area contributed by atoms with Crippen LogP contribution in [0.3, 0.4) is 0 Å². The number of amides is 1. The Labute approximate surface area is 80.4 Å². The van der Waals surface area contributed by atoms with Crippen LogP contribution in [0, 0.1) is 0 Å². The van der Waals surface area contributed by atoms with Gasteiger partial charge in [0.2, 0.25) is 5.91 Å². The molecule has 0 saturated carbocycles. The van der Waals surface area contributed by atoms with Gasteiger partial charge in [0, 0.05) is 13.1 Å². The highest BCUT2D eigenvalue weighted by Gasteiger charge is 2.13. The van der Waals surface area contributed by atoms with Crippen molar-refractivity contribution < 1.29 is 9.53 Å². The van der Waals surface area contributed by atoms with Crippen molar-refractivity contribution in [2.45, 2.75) is 20.8 Å². The van der Waals surface area contributed by atoms with Crippen LogP contribution in [0.2, 0.25) is 0 Å². The summed E-state index contributed by atoms with van der Waals surface area (Å²) < 4.78 is 5.11. The van der Waals surface area contributed by atoms with Crippen molar-refractivity contribution in [3.8, 4) is 0 Å². The van der Waals surface area contributed by atoms with Crippen molar-refractivity contribution in [1.29, 1.82) is 0 Å². The Hall–Kier alpha value is -0.830. The number of morpholine rings is 1. The smallest absolute Gasteiger partial charge is 0.246 e. The Morgan fingerprint density at radius 3 is 2.31 bits per heavy atom. The fraction of sp³-hybridized carbons (Fsp3) is 0.700. The maximum absolute atomic E-state index is 11.2. The minimum atomic E-state index is 0.0933. The van der Waals surface area contributed by atoms with Crippen LogP contribution in [0.5, 0.6) is 0 Å². The highest BCUT2D eigenvalue weighted by molar-refractivity contribution is 5.87. The maximum atomic E-state index is 11.2. The van der Waals surface area contributed by atoms with E-state index < -0.39 is 0 Å². The van der Waals surface area contributed by atoms with E-state index in [-0.39, 0.29) is 5.91 Å². The van der Waals surface area contributed by atoms with Gasteiger partial charge in [-0.1, -0.05) is 19.9 Å². The van der Waals surface area contributed by atoms with Crippen molar-refractivity contribution in [1.82, 2.24) is 4.90 Å². The van der Waals surface area contributed by atoms with Crippen LogP contribution in [0.15, 0.2) is 12.2 Å². The number of carbonyl (C=O) groups is 1. The Bertz CT molecular complexity index is 160. The maximum Gasteiger partial charge on any atom is 0.246 e. The summed E-state index contributed by atoms with van der Waals surface area (Å²) >= 11 is 0. The lowest BCUT2D eigenvalue weighted by molar-refractivity contribution is -0.129. The number of carbonyl (C=O) groups excluding carboxylic acids is 1. The molecule has 0 unspecified atom stereocenters. The van der Waals surface area contributed by atoms with E-state index in [1.807, 2.05) is 20.8 Å². The summed E-state index contributed by atoms with van der Waals surface area (Å²) in [7, 11) is 0. The van der Waals surface area contributed by atoms with Crippen molar-refractivity contribution in [2.75, 3.05) is 26.3 Å². The molecule has 13 heavy (non-hydrogen) atoms. The summed E-state index contributed by atoms with van der Waals surface area (Å²) in [5.74, 6) is 0.0933. The van der Waals surface area contributed by atoms with Gasteiger partial charge in [0.15, 0.2) is 0 Å². The van der Waals surface area contributed by atoms with Gasteiger partial charge in [0.25, 0.3) is 0 Å². The highest BCUT2D eigenvalue weighted by Crippen LogP contribution is 1.97. The first-order valence-corrected chi connectivity index (χ1v) is 4.84. The summed E-state index contributed by atoms with van der Waals surface area (Å²) in [6, 6.07) is 0. The highest BCUT2D eigenvalue weighted by atomic mass is 16.5. The molecule has 76 valence electrons. The van der Waals surface area contributed by atoms with Crippen LogP contribution in [-0.2, 0) is 9.53 Å². The Morgan fingerprint density at radius 2 is 1.85 bits per heavy atom. The van der Waals surface area contributed by atoms with Gasteiger partial charge in [-0.2, -0.15) is 0 Å². The van der Waals surface area contributed by atoms with Crippen molar-refractivity contribution in [2.24, 2.45) is 0 Å². The molecule has 3 heteroatoms. The fourth-order valence-corrected chi connectivity index (χ4v) is 1.03. The minimum absolute atomic E-state index is 0.0933. The summed E-state index contributed by atoms with van der Waals surface area (Å²) in [6.07, 6.45) is 3.35. The first-order chi connectivity index (χ1) is 6.34. The zero-order valence-corrected chi connectivity index (χ0v) is 8.75. The summed E-state index contributed by atoms with van der Waals surface area (Å²) in [5.41, 5.74) is 0. The zero-order valence-electron chi connectivity index (χ0n) is 8.75. The molecule has 1 aliphatic heterocycles. The Morgan fingerprint density at radius 1 is 1.31 bits per heavy atom. The van der Waals surface area contributed by atoms with E-state index in [0.717, 1.165) is 13.1 Å². The molecule has 0 aliphatic carbocycles. The number of allylic oxidation sites excluding steroid dienone is 1. The molecule has 0 N–H and O–H groups in total. The fourth-order valence-electron chi connectivity index (χ4n) is 1.03. The minimum Gasteiger partial charge on any atom is -0.378 e. The van der Waals surface area contributed by atoms with Crippen LogP contribution >= 0.6 is 0 Å². The molecule has 0 aromatic rings. The number of hydrogen-bond acceptors (Lipinski definition) is 2. The molecule has 1 fully saturated rings. The summed E-state index contributed by atoms with van der Waals surface area (Å²) in [4.78, 5) is 13.0. The molecule has 3 nitrogen and oxygen atoms in total. The molecule has 1 heterocycles. The van der Waals surface area contributed by atoms with Crippen LogP contribution in [0.4, 0.5) is 0 Å². The molecule has 0 radical (unpaired) electrons. The van der Waals surface area contributed by atoms with Gasteiger partial charge in [-0.05, 0) is 13.0 Å². The van der Waals surface area contributed by atoms with E-state index in [2.05, 4.69) is 0 Å². The summed E-state index contributed by atoms with van der Waals surface area (Å²) in [5, 5.41) is 0. The topological polar surface area (TPSA) is 29.5 Å². The monoisotopic (exact) mass is 185 g/mol. The number of rotatable bonds is 1. The van der Waals surface area contributed by atoms with Crippen LogP contribution in [-0.4, -0.2) is 37.1 Å². The van der Waals surface area contributed by atoms with E-state index in [1.54, 1.807) is 17.1 Å². The van der Waals surface area contributed by atoms with E-state index in [0.29, 0.717) is 13.2 Å². The Kier molecular flexibility index (Phi) is 7.30. The van der Waals surface area contributed by atoms with Gasteiger partial charge in [-0.15, -0.1) is 0 Å². The molecule has 1 saturated heterocycles. The quantitative estimate of drug-likeness (QED) is 0.579. The largest absolute Gasteiger partial charge is 0.378 e. The molecular weight excluding hydrogens is 166 g/mol. The molecule has 1 rings (SSSR count). The van der Waals surface area contributed by atoms with Crippen molar-refractivity contribution in [3.05, 3.63) is 12.2 Å². The van der Waals surface area contributed by atoms with Gasteiger partial charge in [-0.3, -0.25) is 4.79 Å². The lowest BCUT2D eigenvalue weighted by atomic mass is 10.4. The van der Waals surface area contributed by atoms with Crippen LogP contribution < -0.4 is 0 Å². The normalized spacial score (nSPS) is 16.7. The number of hydrogen-bond donors (Lipinski definition) is 0. The summed E-state index contributed by atoms with van der Waals surface area (Å²) in [6.45, 7) is 8.64. The lowest BCUT2D eigenvalue weighted by Gasteiger charge is -2.25. The second kappa shape index (κ2) is 7.80. The predicted molar refractivity (Wildman–Crippen MR) is 53.6 cm³/mol. The standard InChI is InChI=1S/C8H13NO2.C2H6/c1-2-3-8(10)9-4-6-11-7-5-9;1-2/h2-3H,4-7H2,1H3;1-2H3/b3-2+;. The molecule has 0 atom stereocenters. The van der Waals surface area contributed by atoms with Crippen LogP contribution in [0.1, 0.15) is 20.8 Å². The van der Waals surface area contributed by atoms with E-state index in [9.17, 15) is 4.79 Å². The molecule has 0 spiro atoms. The van der Waals surface area contributed by atoms with E-state index >= 15 is 0 Å². The van der Waals surface area contributed by atoms with Gasteiger partial charge in [0.05, 0.1) is 13.2 Å². The average molecular weight is 185 g/mol. The molecule has 0 aromatic heterocycles. The van der Waals surface area contributed by atoms with E-state index in [1.165, 1.54) is 0 Å². The molecular formula is C10H19NO2. The van der Waals surface area contributed by atoms with Crippen LogP contribution in [0.25, 0.3) is 0 Å². The van der Waals surface area contributed by atoms with Gasteiger partial charge in [-0.25, -0.2) is 0 Å². The third kappa shape index (κ3) is 4.68. The predicted octanol–water partition coefficient (Wildman–Crippen LogP) is 1.45.